The van der Waals surface area contributed by atoms with Crippen molar-refractivity contribution in [2.75, 3.05) is 26.3 Å². The Morgan fingerprint density at radius 2 is 2.12 bits per heavy atom. The van der Waals surface area contributed by atoms with Crippen molar-refractivity contribution in [2.45, 2.75) is 76.0 Å². The first-order valence-electron chi connectivity index (χ1n) is 10.7. The second kappa shape index (κ2) is 6.18. The maximum Gasteiger partial charge on any atom is 0.310 e. The predicted molar refractivity (Wildman–Crippen MR) is 96.5 cm³/mol. The number of carbonyl (C=O) groups is 1. The van der Waals surface area contributed by atoms with Crippen LogP contribution in [0.5, 0.6) is 0 Å². The van der Waals surface area contributed by atoms with Crippen LogP contribution >= 0.6 is 0 Å². The van der Waals surface area contributed by atoms with Crippen molar-refractivity contribution >= 4 is 5.97 Å². The third-order valence-electron chi connectivity index (χ3n) is 8.47. The van der Waals surface area contributed by atoms with Gasteiger partial charge in [0.05, 0.1) is 24.7 Å². The van der Waals surface area contributed by atoms with Crippen molar-refractivity contribution < 1.29 is 19.4 Å². The van der Waals surface area contributed by atoms with Gasteiger partial charge in [0.1, 0.15) is 6.10 Å². The zero-order valence-electron chi connectivity index (χ0n) is 16.0. The van der Waals surface area contributed by atoms with Crippen LogP contribution in [-0.2, 0) is 14.3 Å². The van der Waals surface area contributed by atoms with E-state index in [1.165, 1.54) is 32.1 Å². The van der Waals surface area contributed by atoms with Crippen LogP contribution < -0.4 is 0 Å². The van der Waals surface area contributed by atoms with Crippen LogP contribution in [0.3, 0.4) is 0 Å². The summed E-state index contributed by atoms with van der Waals surface area (Å²) in [6.07, 6.45) is 9.27. The minimum atomic E-state index is -0.0190. The standard InChI is InChI=1S/C21H33NO4/c1-20-6-4-7-21(13-25-21)18(20)9-15-16(19(24)26-17(15)10-20)11-22-8-3-2-5-14(22)12-23/h14-18,23H,2-13H2,1H3/t14-,15+,16-,17+,18+,20+,21-/m0/s1. The van der Waals surface area contributed by atoms with Crippen LogP contribution in [0.15, 0.2) is 0 Å². The molecule has 0 aromatic rings. The molecule has 0 radical (unpaired) electrons. The molecule has 26 heavy (non-hydrogen) atoms. The Morgan fingerprint density at radius 1 is 1.27 bits per heavy atom. The first kappa shape index (κ1) is 17.4. The molecule has 2 aliphatic carbocycles. The van der Waals surface area contributed by atoms with Crippen molar-refractivity contribution in [2.24, 2.45) is 23.2 Å². The lowest BCUT2D eigenvalue weighted by Gasteiger charge is -2.51. The van der Waals surface area contributed by atoms with E-state index >= 15 is 0 Å². The molecule has 3 aliphatic heterocycles. The molecule has 5 aliphatic rings. The van der Waals surface area contributed by atoms with Crippen molar-refractivity contribution in [1.82, 2.24) is 4.90 Å². The van der Waals surface area contributed by atoms with Crippen molar-refractivity contribution in [3.8, 4) is 0 Å². The van der Waals surface area contributed by atoms with Gasteiger partial charge in [0.25, 0.3) is 0 Å². The highest BCUT2D eigenvalue weighted by Crippen LogP contribution is 2.62. The van der Waals surface area contributed by atoms with Crippen LogP contribution in [0.2, 0.25) is 0 Å². The summed E-state index contributed by atoms with van der Waals surface area (Å²) in [5, 5.41) is 9.72. The Morgan fingerprint density at radius 3 is 2.88 bits per heavy atom. The number of ether oxygens (including phenoxy) is 2. The lowest BCUT2D eigenvalue weighted by Crippen LogP contribution is -2.52. The number of aliphatic hydroxyl groups excluding tert-OH is 1. The number of likely N-dealkylation sites (tertiary alicyclic amines) is 1. The average Bonchev–Trinajstić information content (AvgIpc) is 3.33. The molecule has 0 amide bonds. The second-order valence-electron chi connectivity index (χ2n) is 9.93. The van der Waals surface area contributed by atoms with Crippen molar-refractivity contribution in [3.05, 3.63) is 0 Å². The molecule has 3 saturated heterocycles. The quantitative estimate of drug-likeness (QED) is 0.616. The summed E-state index contributed by atoms with van der Waals surface area (Å²) >= 11 is 0. The van der Waals surface area contributed by atoms with Crippen LogP contribution in [0.4, 0.5) is 0 Å². The molecule has 0 aromatic heterocycles. The van der Waals surface area contributed by atoms with Crippen molar-refractivity contribution in [1.29, 1.82) is 0 Å². The predicted octanol–water partition coefficient (Wildman–Crippen LogP) is 2.36. The molecule has 0 aromatic carbocycles. The highest BCUT2D eigenvalue weighted by molar-refractivity contribution is 5.75. The first-order valence-corrected chi connectivity index (χ1v) is 10.7. The summed E-state index contributed by atoms with van der Waals surface area (Å²) in [5.74, 6) is 0.905. The molecule has 7 atom stereocenters. The van der Waals surface area contributed by atoms with E-state index in [1.807, 2.05) is 0 Å². The number of nitrogens with zero attached hydrogens (tertiary/aromatic N) is 1. The maximum absolute atomic E-state index is 12.8. The van der Waals surface area contributed by atoms with E-state index in [9.17, 15) is 9.90 Å². The summed E-state index contributed by atoms with van der Waals surface area (Å²) in [5.41, 5.74) is 0.386. The molecule has 5 fully saturated rings. The third-order valence-corrected chi connectivity index (χ3v) is 8.47. The zero-order valence-corrected chi connectivity index (χ0v) is 16.0. The highest BCUT2D eigenvalue weighted by Gasteiger charge is 2.65. The zero-order chi connectivity index (χ0) is 17.9. The van der Waals surface area contributed by atoms with Gasteiger partial charge < -0.3 is 14.6 Å². The number of esters is 1. The molecule has 0 unspecified atom stereocenters. The fraction of sp³-hybridized carbons (Fsp3) is 0.952. The summed E-state index contributed by atoms with van der Waals surface area (Å²) in [7, 11) is 0. The highest BCUT2D eigenvalue weighted by atomic mass is 16.6. The molecule has 3 heterocycles. The number of hydrogen-bond donors (Lipinski definition) is 1. The summed E-state index contributed by atoms with van der Waals surface area (Å²) in [6, 6.07) is 0.220. The Bertz CT molecular complexity index is 576. The summed E-state index contributed by atoms with van der Waals surface area (Å²) in [6.45, 7) is 5.30. The van der Waals surface area contributed by atoms with E-state index in [-0.39, 0.29) is 41.7 Å². The van der Waals surface area contributed by atoms with E-state index < -0.39 is 0 Å². The third kappa shape index (κ3) is 2.65. The Balaban J connectivity index is 1.35. The Kier molecular flexibility index (Phi) is 4.15. The first-order chi connectivity index (χ1) is 12.5. The van der Waals surface area contributed by atoms with Crippen LogP contribution in [0.25, 0.3) is 0 Å². The SMILES string of the molecule is C[C@]12CCC[C@]3(CO3)[C@@H]1C[C@@H]1[C@H](CN3CCCC[C@H]3CO)C(=O)O[C@@H]1C2. The van der Waals surface area contributed by atoms with E-state index in [4.69, 9.17) is 9.47 Å². The van der Waals surface area contributed by atoms with Gasteiger partial charge in [-0.3, -0.25) is 9.69 Å². The van der Waals surface area contributed by atoms with Gasteiger partial charge in [-0.1, -0.05) is 13.3 Å². The smallest absolute Gasteiger partial charge is 0.310 e. The fourth-order valence-corrected chi connectivity index (χ4v) is 6.93. The lowest BCUT2D eigenvalue weighted by molar-refractivity contribution is -0.147. The van der Waals surface area contributed by atoms with Gasteiger partial charge in [0, 0.05) is 18.5 Å². The molecule has 1 spiro atoms. The average molecular weight is 363 g/mol. The number of carbonyl (C=O) groups excluding carboxylic acids is 1. The second-order valence-corrected chi connectivity index (χ2v) is 9.93. The molecule has 146 valence electrons. The Labute approximate surface area is 156 Å². The van der Waals surface area contributed by atoms with Gasteiger partial charge in [-0.05, 0) is 62.8 Å². The van der Waals surface area contributed by atoms with Crippen LogP contribution in [0.1, 0.15) is 58.3 Å². The number of aliphatic hydroxyl groups is 1. The van der Waals surface area contributed by atoms with E-state index in [0.29, 0.717) is 11.8 Å². The molecule has 0 bridgehead atoms. The monoisotopic (exact) mass is 363 g/mol. The molecule has 2 saturated carbocycles. The minimum Gasteiger partial charge on any atom is -0.462 e. The topological polar surface area (TPSA) is 62.3 Å². The molecular weight excluding hydrogens is 330 g/mol. The summed E-state index contributed by atoms with van der Waals surface area (Å²) in [4.78, 5) is 15.1. The normalized spacial score (nSPS) is 51.0. The maximum atomic E-state index is 12.8. The van der Waals surface area contributed by atoms with Gasteiger partial charge in [0.15, 0.2) is 0 Å². The number of fused-ring (bicyclic) bond motifs is 3. The molecule has 5 nitrogen and oxygen atoms in total. The number of hydrogen-bond acceptors (Lipinski definition) is 5. The van der Waals surface area contributed by atoms with Gasteiger partial charge >= 0.3 is 5.97 Å². The molecule has 1 N–H and O–H groups in total. The van der Waals surface area contributed by atoms with E-state index in [0.717, 1.165) is 39.0 Å². The number of epoxide rings is 1. The number of piperidine rings is 1. The van der Waals surface area contributed by atoms with Gasteiger partial charge in [-0.15, -0.1) is 0 Å². The Hall–Kier alpha value is -0.650. The van der Waals surface area contributed by atoms with Crippen LogP contribution in [-0.4, -0.2) is 60.0 Å². The number of rotatable bonds is 3. The van der Waals surface area contributed by atoms with Crippen molar-refractivity contribution in [3.63, 3.8) is 0 Å². The molecular formula is C21H33NO4. The fourth-order valence-electron chi connectivity index (χ4n) is 6.93. The largest absolute Gasteiger partial charge is 0.462 e. The molecule has 5 heteroatoms. The molecule has 5 rings (SSSR count). The van der Waals surface area contributed by atoms with Crippen LogP contribution in [0, 0.1) is 23.2 Å². The van der Waals surface area contributed by atoms with Gasteiger partial charge in [-0.25, -0.2) is 0 Å². The lowest BCUT2D eigenvalue weighted by atomic mass is 9.53. The summed E-state index contributed by atoms with van der Waals surface area (Å²) < 4.78 is 11.9. The van der Waals surface area contributed by atoms with E-state index in [1.54, 1.807) is 0 Å². The van der Waals surface area contributed by atoms with Gasteiger partial charge in [-0.2, -0.15) is 0 Å². The van der Waals surface area contributed by atoms with Gasteiger partial charge in [0.2, 0.25) is 0 Å². The van der Waals surface area contributed by atoms with E-state index in [2.05, 4.69) is 11.8 Å². The minimum absolute atomic E-state index is 0.00951.